The number of aliphatic hydroxyl groups is 1. The van der Waals surface area contributed by atoms with Gasteiger partial charge in [0.2, 0.25) is 0 Å². The second-order valence-corrected chi connectivity index (χ2v) is 18.0. The maximum Gasteiger partial charge on any atom is 0.306 e. The Morgan fingerprint density at radius 2 is 0.638 bits per heavy atom. The third kappa shape index (κ3) is 47.3. The van der Waals surface area contributed by atoms with Crippen molar-refractivity contribution in [1.82, 2.24) is 0 Å². The molecule has 0 aromatic carbocycles. The van der Waals surface area contributed by atoms with Gasteiger partial charge in [0.25, 0.3) is 0 Å². The van der Waals surface area contributed by atoms with Crippen molar-refractivity contribution >= 4 is 11.9 Å². The zero-order valence-electron chi connectivity index (χ0n) is 39.3. The molecule has 0 saturated heterocycles. The Balaban J connectivity index is 3.43. The van der Waals surface area contributed by atoms with Crippen LogP contribution in [0.5, 0.6) is 0 Å². The van der Waals surface area contributed by atoms with Crippen LogP contribution in [0.2, 0.25) is 0 Å². The Morgan fingerprint density at radius 3 is 0.931 bits per heavy atom. The fourth-order valence-corrected chi connectivity index (χ4v) is 8.08. The van der Waals surface area contributed by atoms with Crippen LogP contribution in [0.4, 0.5) is 0 Å². The topological polar surface area (TPSA) is 72.8 Å². The Hall–Kier alpha value is -1.36. The second-order valence-electron chi connectivity index (χ2n) is 18.0. The number of carbonyl (C=O) groups is 2. The summed E-state index contributed by atoms with van der Waals surface area (Å²) in [5.74, 6) is -0.570. The lowest BCUT2D eigenvalue weighted by molar-refractivity contribution is -0.161. The predicted molar refractivity (Wildman–Crippen MR) is 252 cm³/mol. The van der Waals surface area contributed by atoms with Crippen molar-refractivity contribution in [1.29, 1.82) is 0 Å². The highest BCUT2D eigenvalue weighted by Crippen LogP contribution is 2.17. The summed E-state index contributed by atoms with van der Waals surface area (Å²) < 4.78 is 10.7. The third-order valence-corrected chi connectivity index (χ3v) is 12.1. The lowest BCUT2D eigenvalue weighted by Gasteiger charge is -2.15. The Morgan fingerprint density at radius 1 is 0.379 bits per heavy atom. The van der Waals surface area contributed by atoms with Gasteiger partial charge in [0.1, 0.15) is 6.61 Å². The molecule has 1 atom stereocenters. The molecule has 0 aromatic heterocycles. The van der Waals surface area contributed by atoms with Gasteiger partial charge in [-0.15, -0.1) is 0 Å². The number of hydrogen-bond acceptors (Lipinski definition) is 5. The standard InChI is InChI=1S/C53H102O5/c1-3-5-7-9-11-13-15-17-19-21-23-24-25-26-27-28-30-32-34-36-38-40-42-44-46-48-53(56)58-51(49-54)50-57-52(55)47-45-43-41-39-37-35-33-31-29-22-20-18-16-14-12-10-8-6-4-2/h21,23,51,54H,3-20,22,24-50H2,1-2H3/b23-21-. The summed E-state index contributed by atoms with van der Waals surface area (Å²) in [6.45, 7) is 4.19. The molecule has 0 aliphatic rings. The van der Waals surface area contributed by atoms with Gasteiger partial charge >= 0.3 is 11.9 Å². The van der Waals surface area contributed by atoms with E-state index in [1.807, 2.05) is 0 Å². The van der Waals surface area contributed by atoms with E-state index >= 15 is 0 Å². The van der Waals surface area contributed by atoms with Gasteiger partial charge in [-0.05, 0) is 38.5 Å². The highest BCUT2D eigenvalue weighted by Gasteiger charge is 2.16. The van der Waals surface area contributed by atoms with E-state index in [1.165, 1.54) is 238 Å². The fourth-order valence-electron chi connectivity index (χ4n) is 8.08. The van der Waals surface area contributed by atoms with Crippen LogP contribution in [0.3, 0.4) is 0 Å². The maximum atomic E-state index is 12.3. The number of esters is 2. The van der Waals surface area contributed by atoms with E-state index in [2.05, 4.69) is 26.0 Å². The molecule has 0 aromatic rings. The first-order valence-corrected chi connectivity index (χ1v) is 26.2. The van der Waals surface area contributed by atoms with Crippen LogP contribution in [0.25, 0.3) is 0 Å². The van der Waals surface area contributed by atoms with Crippen molar-refractivity contribution in [3.8, 4) is 0 Å². The number of carbonyl (C=O) groups excluding carboxylic acids is 2. The minimum Gasteiger partial charge on any atom is -0.462 e. The van der Waals surface area contributed by atoms with E-state index in [9.17, 15) is 14.7 Å². The number of aliphatic hydroxyl groups excluding tert-OH is 1. The Kier molecular flexibility index (Phi) is 48.8. The molecule has 0 heterocycles. The van der Waals surface area contributed by atoms with Crippen LogP contribution in [0.1, 0.15) is 296 Å². The summed E-state index contributed by atoms with van der Waals surface area (Å²) in [7, 11) is 0. The van der Waals surface area contributed by atoms with Gasteiger partial charge in [0, 0.05) is 12.8 Å². The summed E-state index contributed by atoms with van der Waals surface area (Å²) in [6, 6.07) is 0. The second kappa shape index (κ2) is 50.0. The molecule has 1 N–H and O–H groups in total. The first-order chi connectivity index (χ1) is 28.6. The monoisotopic (exact) mass is 819 g/mol. The van der Waals surface area contributed by atoms with Gasteiger partial charge in [0.15, 0.2) is 6.10 Å². The first-order valence-electron chi connectivity index (χ1n) is 26.2. The van der Waals surface area contributed by atoms with Gasteiger partial charge < -0.3 is 14.6 Å². The number of ether oxygens (including phenoxy) is 2. The van der Waals surface area contributed by atoms with E-state index in [4.69, 9.17) is 9.47 Å². The summed E-state index contributed by atoms with van der Waals surface area (Å²) in [5, 5.41) is 9.63. The van der Waals surface area contributed by atoms with Crippen molar-refractivity contribution < 1.29 is 24.2 Å². The quantitative estimate of drug-likeness (QED) is 0.0376. The minimum absolute atomic E-state index is 0.0583. The van der Waals surface area contributed by atoms with Crippen molar-refractivity contribution in [2.75, 3.05) is 13.2 Å². The highest BCUT2D eigenvalue weighted by molar-refractivity contribution is 5.70. The number of unbranched alkanes of at least 4 members (excludes halogenated alkanes) is 39. The average Bonchev–Trinajstić information content (AvgIpc) is 3.23. The molecule has 344 valence electrons. The van der Waals surface area contributed by atoms with Crippen molar-refractivity contribution in [3.05, 3.63) is 12.2 Å². The molecular weight excluding hydrogens is 717 g/mol. The molecule has 5 nitrogen and oxygen atoms in total. The SMILES string of the molecule is CCCCCCCCCC/C=C\CCCCCCCCCCCCCCCC(=O)OC(CO)COC(=O)CCCCCCCCCCCCCCCCCCCCC. The van der Waals surface area contributed by atoms with E-state index in [0.29, 0.717) is 12.8 Å². The zero-order valence-corrected chi connectivity index (χ0v) is 39.3. The normalized spacial score (nSPS) is 12.1. The largest absolute Gasteiger partial charge is 0.462 e. The van der Waals surface area contributed by atoms with Crippen LogP contribution >= 0.6 is 0 Å². The van der Waals surface area contributed by atoms with Crippen molar-refractivity contribution in [3.63, 3.8) is 0 Å². The lowest BCUT2D eigenvalue weighted by Crippen LogP contribution is -2.28. The van der Waals surface area contributed by atoms with E-state index in [1.54, 1.807) is 0 Å². The molecule has 0 amide bonds. The molecule has 0 aliphatic heterocycles. The van der Waals surface area contributed by atoms with Gasteiger partial charge in [-0.2, -0.15) is 0 Å². The molecular formula is C53H102O5. The van der Waals surface area contributed by atoms with Crippen LogP contribution in [-0.4, -0.2) is 36.4 Å². The summed E-state index contributed by atoms with van der Waals surface area (Å²) in [5.41, 5.74) is 0. The van der Waals surface area contributed by atoms with Crippen molar-refractivity contribution in [2.45, 2.75) is 302 Å². The maximum absolute atomic E-state index is 12.3. The van der Waals surface area contributed by atoms with Crippen LogP contribution < -0.4 is 0 Å². The molecule has 0 spiro atoms. The number of allylic oxidation sites excluding steroid dienone is 2. The minimum atomic E-state index is -0.766. The number of rotatable bonds is 49. The van der Waals surface area contributed by atoms with Crippen LogP contribution in [0, 0.1) is 0 Å². The third-order valence-electron chi connectivity index (χ3n) is 12.1. The fraction of sp³-hybridized carbons (Fsp3) is 0.925. The average molecular weight is 819 g/mol. The van der Waals surface area contributed by atoms with Gasteiger partial charge in [-0.1, -0.05) is 257 Å². The zero-order chi connectivity index (χ0) is 42.1. The molecule has 0 rings (SSSR count). The molecule has 0 bridgehead atoms. The molecule has 58 heavy (non-hydrogen) atoms. The van der Waals surface area contributed by atoms with Crippen LogP contribution in [-0.2, 0) is 19.1 Å². The molecule has 0 aliphatic carbocycles. The molecule has 0 fully saturated rings. The van der Waals surface area contributed by atoms with Gasteiger partial charge in [-0.25, -0.2) is 0 Å². The smallest absolute Gasteiger partial charge is 0.306 e. The molecule has 5 heteroatoms. The first kappa shape index (κ1) is 56.6. The van der Waals surface area contributed by atoms with E-state index in [-0.39, 0.29) is 25.2 Å². The summed E-state index contributed by atoms with van der Waals surface area (Å²) in [4.78, 5) is 24.5. The van der Waals surface area contributed by atoms with E-state index in [0.717, 1.165) is 32.1 Å². The van der Waals surface area contributed by atoms with E-state index < -0.39 is 6.10 Å². The number of hydrogen-bond donors (Lipinski definition) is 1. The molecule has 0 radical (unpaired) electrons. The summed E-state index contributed by atoms with van der Waals surface area (Å²) in [6.07, 6.45) is 60.3. The highest BCUT2D eigenvalue weighted by atomic mass is 16.6. The van der Waals surface area contributed by atoms with Gasteiger partial charge in [0.05, 0.1) is 6.61 Å². The predicted octanol–water partition coefficient (Wildman–Crippen LogP) is 17.2. The molecule has 0 saturated carbocycles. The van der Waals surface area contributed by atoms with Crippen molar-refractivity contribution in [2.24, 2.45) is 0 Å². The Bertz CT molecular complexity index is 840. The van der Waals surface area contributed by atoms with Crippen LogP contribution in [0.15, 0.2) is 12.2 Å². The lowest BCUT2D eigenvalue weighted by atomic mass is 10.0. The van der Waals surface area contributed by atoms with Gasteiger partial charge in [-0.3, -0.25) is 9.59 Å². The summed E-state index contributed by atoms with van der Waals surface area (Å²) >= 11 is 0. The molecule has 1 unspecified atom stereocenters. The Labute approximate surface area is 362 Å².